The Morgan fingerprint density at radius 1 is 1.40 bits per heavy atom. The maximum atomic E-state index is 4.12. The molecule has 0 unspecified atom stereocenters. The van der Waals surface area contributed by atoms with E-state index in [-0.39, 0.29) is 0 Å². The second-order valence-corrected chi connectivity index (χ2v) is 7.63. The highest BCUT2D eigenvalue weighted by atomic mass is 79.9. The summed E-state index contributed by atoms with van der Waals surface area (Å²) in [4.78, 5) is 1.35. The van der Waals surface area contributed by atoms with Crippen LogP contribution < -0.4 is 0 Å². The predicted octanol–water partition coefficient (Wildman–Crippen LogP) is 4.38. The van der Waals surface area contributed by atoms with Gasteiger partial charge in [0.1, 0.15) is 0 Å². The molecule has 0 N–H and O–H groups in total. The van der Waals surface area contributed by atoms with Crippen LogP contribution in [0.3, 0.4) is 0 Å². The van der Waals surface area contributed by atoms with Crippen LogP contribution in [0, 0.1) is 0 Å². The third kappa shape index (κ3) is 3.20. The van der Waals surface area contributed by atoms with Gasteiger partial charge < -0.3 is 0 Å². The lowest BCUT2D eigenvalue weighted by atomic mass is 10.5. The van der Waals surface area contributed by atoms with Crippen LogP contribution in [0.2, 0.25) is 0 Å². The molecule has 2 nitrogen and oxygen atoms in total. The average molecular weight is 339 g/mol. The van der Waals surface area contributed by atoms with E-state index in [0.29, 0.717) is 0 Å². The van der Waals surface area contributed by atoms with Gasteiger partial charge in [0.15, 0.2) is 8.68 Å². The third-order valence-electron chi connectivity index (χ3n) is 1.58. The number of hydrogen-bond acceptors (Lipinski definition) is 6. The summed E-state index contributed by atoms with van der Waals surface area (Å²) in [6.45, 7) is 0. The first kappa shape index (κ1) is 11.9. The van der Waals surface area contributed by atoms with E-state index in [0.717, 1.165) is 14.4 Å². The topological polar surface area (TPSA) is 25.8 Å². The van der Waals surface area contributed by atoms with Crippen molar-refractivity contribution in [2.75, 3.05) is 6.26 Å². The van der Waals surface area contributed by atoms with Gasteiger partial charge in [-0.05, 0) is 33.6 Å². The van der Waals surface area contributed by atoms with Crippen molar-refractivity contribution in [1.29, 1.82) is 0 Å². The van der Waals surface area contributed by atoms with Gasteiger partial charge in [-0.15, -0.1) is 21.5 Å². The van der Waals surface area contributed by atoms with Crippen molar-refractivity contribution >= 4 is 62.1 Å². The summed E-state index contributed by atoms with van der Waals surface area (Å²) in [5, 5.41) is 10.3. The average Bonchev–Trinajstić information content (AvgIpc) is 2.84. The molecule has 7 heteroatoms. The van der Waals surface area contributed by atoms with Crippen LogP contribution in [0.15, 0.2) is 24.6 Å². The number of hydrogen-bond donors (Lipinski definition) is 0. The Labute approximate surface area is 113 Å². The SMILES string of the molecule is CSc1nnc(SCc2sccc2Br)s1. The molecule has 0 aliphatic carbocycles. The second-order valence-electron chi connectivity index (χ2n) is 2.52. The lowest BCUT2D eigenvalue weighted by Crippen LogP contribution is -1.75. The maximum absolute atomic E-state index is 4.12. The minimum absolute atomic E-state index is 0.960. The standard InChI is InChI=1S/C8H7BrN2S4/c1-12-7-10-11-8(15-7)14-4-6-5(9)2-3-13-6/h2-3H,4H2,1H3. The molecule has 0 bridgehead atoms. The van der Waals surface area contributed by atoms with E-state index in [2.05, 4.69) is 37.6 Å². The lowest BCUT2D eigenvalue weighted by molar-refractivity contribution is 0.956. The quantitative estimate of drug-likeness (QED) is 0.772. The fourth-order valence-electron chi connectivity index (χ4n) is 0.893. The number of rotatable bonds is 4. The zero-order valence-corrected chi connectivity index (χ0v) is 12.6. The van der Waals surface area contributed by atoms with Gasteiger partial charge in [-0.1, -0.05) is 34.9 Å². The molecule has 0 saturated carbocycles. The first-order valence-corrected chi connectivity index (χ1v) is 8.71. The van der Waals surface area contributed by atoms with Gasteiger partial charge in [0.25, 0.3) is 0 Å². The van der Waals surface area contributed by atoms with Gasteiger partial charge in [-0.3, -0.25) is 0 Å². The van der Waals surface area contributed by atoms with Gasteiger partial charge in [-0.2, -0.15) is 0 Å². The van der Waals surface area contributed by atoms with Gasteiger partial charge in [0.05, 0.1) is 0 Å². The zero-order valence-electron chi connectivity index (χ0n) is 7.77. The van der Waals surface area contributed by atoms with Gasteiger partial charge in [-0.25, -0.2) is 0 Å². The van der Waals surface area contributed by atoms with Crippen molar-refractivity contribution < 1.29 is 0 Å². The summed E-state index contributed by atoms with van der Waals surface area (Å²) in [7, 11) is 0. The molecule has 0 saturated heterocycles. The summed E-state index contributed by atoms with van der Waals surface area (Å²) in [6.07, 6.45) is 2.02. The largest absolute Gasteiger partial charge is 0.175 e. The fraction of sp³-hybridized carbons (Fsp3) is 0.250. The Morgan fingerprint density at radius 2 is 2.20 bits per heavy atom. The molecule has 0 aromatic carbocycles. The van der Waals surface area contributed by atoms with Crippen LogP contribution in [-0.4, -0.2) is 16.5 Å². The highest BCUT2D eigenvalue weighted by Gasteiger charge is 2.06. The van der Waals surface area contributed by atoms with E-state index in [9.17, 15) is 0 Å². The van der Waals surface area contributed by atoms with Crippen LogP contribution in [0.1, 0.15) is 4.88 Å². The van der Waals surface area contributed by atoms with E-state index < -0.39 is 0 Å². The molecule has 2 rings (SSSR count). The van der Waals surface area contributed by atoms with Crippen LogP contribution in [0.4, 0.5) is 0 Å². The lowest BCUT2D eigenvalue weighted by Gasteiger charge is -1.94. The van der Waals surface area contributed by atoms with Crippen molar-refractivity contribution in [3.8, 4) is 0 Å². The van der Waals surface area contributed by atoms with Crippen LogP contribution in [0.25, 0.3) is 0 Å². The summed E-state index contributed by atoms with van der Waals surface area (Å²) in [6, 6.07) is 2.08. The van der Waals surface area contributed by atoms with Gasteiger partial charge in [0, 0.05) is 15.1 Å². The Bertz CT molecular complexity index is 439. The van der Waals surface area contributed by atoms with Crippen LogP contribution in [-0.2, 0) is 5.75 Å². The fourth-order valence-corrected chi connectivity index (χ4v) is 5.13. The number of nitrogens with zero attached hydrogens (tertiary/aromatic N) is 2. The van der Waals surface area contributed by atoms with Gasteiger partial charge >= 0.3 is 0 Å². The molecule has 0 amide bonds. The summed E-state index contributed by atoms with van der Waals surface area (Å²) >= 11 is 10.3. The Morgan fingerprint density at radius 3 is 2.80 bits per heavy atom. The normalized spacial score (nSPS) is 10.8. The molecule has 15 heavy (non-hydrogen) atoms. The van der Waals surface area contributed by atoms with Gasteiger partial charge in [0.2, 0.25) is 0 Å². The van der Waals surface area contributed by atoms with E-state index in [1.807, 2.05) is 6.26 Å². The Balaban J connectivity index is 1.96. The van der Waals surface area contributed by atoms with E-state index in [1.165, 1.54) is 9.35 Å². The third-order valence-corrected chi connectivity index (χ3v) is 6.75. The van der Waals surface area contributed by atoms with Crippen molar-refractivity contribution in [3.63, 3.8) is 0 Å². The second kappa shape index (κ2) is 5.67. The molecule has 0 aliphatic rings. The molecule has 0 spiro atoms. The van der Waals surface area contributed by atoms with Crippen molar-refractivity contribution in [2.45, 2.75) is 14.4 Å². The zero-order chi connectivity index (χ0) is 10.7. The minimum atomic E-state index is 0.960. The number of halogens is 1. The van der Waals surface area contributed by atoms with E-state index >= 15 is 0 Å². The summed E-state index contributed by atoms with van der Waals surface area (Å²) in [5.41, 5.74) is 0. The highest BCUT2D eigenvalue weighted by molar-refractivity contribution is 9.10. The van der Waals surface area contributed by atoms with Crippen LogP contribution in [0.5, 0.6) is 0 Å². The summed E-state index contributed by atoms with van der Waals surface area (Å²) in [5.74, 6) is 0.960. The minimum Gasteiger partial charge on any atom is -0.147 e. The monoisotopic (exact) mass is 338 g/mol. The highest BCUT2D eigenvalue weighted by Crippen LogP contribution is 2.33. The molecular formula is C8H7BrN2S4. The van der Waals surface area contributed by atoms with Crippen molar-refractivity contribution in [3.05, 3.63) is 20.8 Å². The Kier molecular flexibility index (Phi) is 4.51. The smallest absolute Gasteiger partial charge is 0.147 e. The first-order valence-electron chi connectivity index (χ1n) is 4.02. The first-order chi connectivity index (χ1) is 7.29. The van der Waals surface area contributed by atoms with E-state index in [4.69, 9.17) is 0 Å². The van der Waals surface area contributed by atoms with Crippen LogP contribution >= 0.6 is 62.1 Å². The molecule has 0 fully saturated rings. The number of thiophene rings is 1. The molecule has 0 radical (unpaired) electrons. The van der Waals surface area contributed by atoms with E-state index in [1.54, 1.807) is 46.2 Å². The molecule has 80 valence electrons. The number of thioether (sulfide) groups is 2. The molecular weight excluding hydrogens is 332 g/mol. The summed E-state index contributed by atoms with van der Waals surface area (Å²) < 4.78 is 3.26. The van der Waals surface area contributed by atoms with Crippen molar-refractivity contribution in [1.82, 2.24) is 10.2 Å². The molecule has 2 heterocycles. The van der Waals surface area contributed by atoms with Crippen molar-refractivity contribution in [2.24, 2.45) is 0 Å². The molecule has 2 aromatic rings. The maximum Gasteiger partial charge on any atom is 0.175 e. The Hall–Kier alpha value is 0.440. The number of aromatic nitrogens is 2. The molecule has 0 aliphatic heterocycles. The predicted molar refractivity (Wildman–Crippen MR) is 73.3 cm³/mol. The molecule has 0 atom stereocenters. The molecule has 2 aromatic heterocycles.